The molecule has 0 atom stereocenters. The zero-order valence-electron chi connectivity index (χ0n) is 27.1. The van der Waals surface area contributed by atoms with Gasteiger partial charge in [0.15, 0.2) is 7.14 Å². The van der Waals surface area contributed by atoms with Gasteiger partial charge in [0.1, 0.15) is 0 Å². The van der Waals surface area contributed by atoms with E-state index < -0.39 is 7.14 Å². The SMILES string of the molecule is O=P(c1ccccc1)(c1ccccc1)c1cc(-c2cccnc2)cc(-c2cc3c(-c4ccccc4)nc4ccccc4c3c3ccccc23)c1. The van der Waals surface area contributed by atoms with Crippen molar-refractivity contribution in [3.63, 3.8) is 0 Å². The number of pyridine rings is 2. The van der Waals surface area contributed by atoms with Gasteiger partial charge in [-0.25, -0.2) is 4.98 Å². The lowest BCUT2D eigenvalue weighted by atomic mass is 9.89. The molecule has 0 N–H and O–H groups in total. The lowest BCUT2D eigenvalue weighted by molar-refractivity contribution is 0.592. The van der Waals surface area contributed by atoms with E-state index in [-0.39, 0.29) is 0 Å². The van der Waals surface area contributed by atoms with Crippen LogP contribution in [0.3, 0.4) is 0 Å². The summed E-state index contributed by atoms with van der Waals surface area (Å²) in [7, 11) is -3.30. The van der Waals surface area contributed by atoms with Gasteiger partial charge in [-0.05, 0) is 63.9 Å². The molecule has 236 valence electrons. The lowest BCUT2D eigenvalue weighted by Gasteiger charge is -2.22. The summed E-state index contributed by atoms with van der Waals surface area (Å²) in [6.45, 7) is 0. The van der Waals surface area contributed by atoms with E-state index >= 15 is 4.57 Å². The predicted molar refractivity (Wildman–Crippen MR) is 210 cm³/mol. The fourth-order valence-corrected chi connectivity index (χ4v) is 9.96. The lowest BCUT2D eigenvalue weighted by Crippen LogP contribution is -2.25. The second-order valence-electron chi connectivity index (χ2n) is 12.5. The predicted octanol–water partition coefficient (Wildman–Crippen LogP) is 10.6. The molecule has 0 bridgehead atoms. The minimum absolute atomic E-state index is 0.773. The third kappa shape index (κ3) is 5.03. The van der Waals surface area contributed by atoms with Crippen LogP contribution in [-0.2, 0) is 4.57 Å². The van der Waals surface area contributed by atoms with Crippen LogP contribution in [0.5, 0.6) is 0 Å². The van der Waals surface area contributed by atoms with Crippen molar-refractivity contribution in [2.75, 3.05) is 0 Å². The maximum atomic E-state index is 15.8. The van der Waals surface area contributed by atoms with Crippen molar-refractivity contribution in [2.45, 2.75) is 0 Å². The van der Waals surface area contributed by atoms with Crippen LogP contribution in [0.1, 0.15) is 0 Å². The van der Waals surface area contributed by atoms with Crippen molar-refractivity contribution in [1.82, 2.24) is 9.97 Å². The van der Waals surface area contributed by atoms with Crippen molar-refractivity contribution >= 4 is 55.5 Å². The van der Waals surface area contributed by atoms with Gasteiger partial charge in [-0.3, -0.25) is 4.98 Å². The Balaban J connectivity index is 1.41. The number of hydrogen-bond acceptors (Lipinski definition) is 3. The molecule has 9 rings (SSSR count). The molecule has 0 saturated carbocycles. The van der Waals surface area contributed by atoms with E-state index in [1.165, 1.54) is 5.39 Å². The highest BCUT2D eigenvalue weighted by molar-refractivity contribution is 7.85. The van der Waals surface area contributed by atoms with Crippen LogP contribution < -0.4 is 15.9 Å². The molecule has 0 amide bonds. The molecule has 2 aromatic heterocycles. The van der Waals surface area contributed by atoms with Crippen molar-refractivity contribution in [1.29, 1.82) is 0 Å². The van der Waals surface area contributed by atoms with E-state index in [4.69, 9.17) is 4.98 Å². The summed E-state index contributed by atoms with van der Waals surface area (Å²) >= 11 is 0. The van der Waals surface area contributed by atoms with Gasteiger partial charge in [-0.15, -0.1) is 0 Å². The number of rotatable bonds is 6. The molecule has 0 aliphatic heterocycles. The Hall–Kier alpha value is -6.15. The summed E-state index contributed by atoms with van der Waals surface area (Å²) in [6.07, 6.45) is 3.66. The fraction of sp³-hybridized carbons (Fsp3) is 0. The first kappa shape index (κ1) is 29.9. The first-order valence-electron chi connectivity index (χ1n) is 16.8. The van der Waals surface area contributed by atoms with Gasteiger partial charge in [-0.1, -0.05) is 140 Å². The Morgan fingerprint density at radius 2 is 1.00 bits per heavy atom. The van der Waals surface area contributed by atoms with E-state index in [0.717, 1.165) is 76.5 Å². The zero-order valence-corrected chi connectivity index (χ0v) is 28.0. The van der Waals surface area contributed by atoms with E-state index in [2.05, 4.69) is 108 Å². The maximum Gasteiger partial charge on any atom is 0.171 e. The average Bonchev–Trinajstić information content (AvgIpc) is 3.21. The Labute approximate surface area is 290 Å². The van der Waals surface area contributed by atoms with Gasteiger partial charge in [0, 0.05) is 55.6 Å². The standard InChI is InChI=1S/C46H31N2OP/c49-50(36-18-6-2-7-19-36,37-20-8-3-9-21-37)38-28-34(33-17-14-26-47-31-33)27-35(29-38)42-30-43-45(40-23-11-10-22-39(40)42)41-24-12-13-25-44(41)48-46(43)32-15-4-1-5-16-32/h1-31H. The summed E-state index contributed by atoms with van der Waals surface area (Å²) < 4.78 is 15.8. The molecule has 0 aliphatic carbocycles. The van der Waals surface area contributed by atoms with Crippen molar-refractivity contribution < 1.29 is 4.57 Å². The molecule has 50 heavy (non-hydrogen) atoms. The molecule has 7 aromatic carbocycles. The molecule has 0 radical (unpaired) electrons. The highest BCUT2D eigenvalue weighted by Crippen LogP contribution is 2.46. The molecule has 0 saturated heterocycles. The van der Waals surface area contributed by atoms with Crippen LogP contribution in [0.15, 0.2) is 188 Å². The fourth-order valence-electron chi connectivity index (χ4n) is 7.24. The van der Waals surface area contributed by atoms with Crippen LogP contribution in [0.4, 0.5) is 0 Å². The van der Waals surface area contributed by atoms with Gasteiger partial charge in [-0.2, -0.15) is 0 Å². The minimum atomic E-state index is -3.30. The first-order chi connectivity index (χ1) is 24.7. The largest absolute Gasteiger partial charge is 0.309 e. The third-order valence-electron chi connectivity index (χ3n) is 9.58. The molecule has 0 spiro atoms. The average molecular weight is 659 g/mol. The summed E-state index contributed by atoms with van der Waals surface area (Å²) in [5, 5.41) is 8.01. The molecule has 2 heterocycles. The molecule has 4 heteroatoms. The third-order valence-corrected chi connectivity index (χ3v) is 12.6. The number of benzene rings is 7. The van der Waals surface area contributed by atoms with Gasteiger partial charge in [0.25, 0.3) is 0 Å². The van der Waals surface area contributed by atoms with Crippen LogP contribution >= 0.6 is 7.14 Å². The topological polar surface area (TPSA) is 42.9 Å². The van der Waals surface area contributed by atoms with Gasteiger partial charge < -0.3 is 4.57 Å². The monoisotopic (exact) mass is 658 g/mol. The number of para-hydroxylation sites is 1. The Kier molecular flexibility index (Phi) is 7.42. The smallest absolute Gasteiger partial charge is 0.171 e. The zero-order chi connectivity index (χ0) is 33.5. The van der Waals surface area contributed by atoms with Gasteiger partial charge in [0.2, 0.25) is 0 Å². The number of aromatic nitrogens is 2. The molecule has 0 fully saturated rings. The van der Waals surface area contributed by atoms with E-state index in [0.29, 0.717) is 0 Å². The molecule has 0 unspecified atom stereocenters. The number of fused-ring (bicyclic) bond motifs is 5. The first-order valence-corrected chi connectivity index (χ1v) is 18.5. The van der Waals surface area contributed by atoms with Crippen LogP contribution in [0.2, 0.25) is 0 Å². The van der Waals surface area contributed by atoms with E-state index in [1.807, 2.05) is 79.0 Å². The Bertz CT molecular complexity index is 2670. The summed E-state index contributed by atoms with van der Waals surface area (Å²) in [4.78, 5) is 9.72. The summed E-state index contributed by atoms with van der Waals surface area (Å²) in [5.74, 6) is 0. The highest BCUT2D eigenvalue weighted by Gasteiger charge is 2.31. The normalized spacial score (nSPS) is 11.7. The van der Waals surface area contributed by atoms with Crippen LogP contribution in [-0.4, -0.2) is 9.97 Å². The van der Waals surface area contributed by atoms with Crippen LogP contribution in [0, 0.1) is 0 Å². The quantitative estimate of drug-likeness (QED) is 0.132. The molecular formula is C46H31N2OP. The molecule has 0 aliphatic rings. The minimum Gasteiger partial charge on any atom is -0.309 e. The van der Waals surface area contributed by atoms with E-state index in [9.17, 15) is 0 Å². The Morgan fingerprint density at radius 1 is 0.420 bits per heavy atom. The number of hydrogen-bond donors (Lipinski definition) is 0. The Morgan fingerprint density at radius 3 is 1.68 bits per heavy atom. The second-order valence-corrected chi connectivity index (χ2v) is 15.3. The van der Waals surface area contributed by atoms with Crippen LogP contribution in [0.25, 0.3) is 66.0 Å². The molecule has 3 nitrogen and oxygen atoms in total. The highest BCUT2D eigenvalue weighted by atomic mass is 31.2. The van der Waals surface area contributed by atoms with Gasteiger partial charge in [0.05, 0.1) is 11.2 Å². The second kappa shape index (κ2) is 12.4. The molecular weight excluding hydrogens is 627 g/mol. The molecule has 9 aromatic rings. The van der Waals surface area contributed by atoms with Crippen molar-refractivity contribution in [3.05, 3.63) is 188 Å². The van der Waals surface area contributed by atoms with Gasteiger partial charge >= 0.3 is 0 Å². The van der Waals surface area contributed by atoms with Crippen molar-refractivity contribution in [2.24, 2.45) is 0 Å². The summed E-state index contributed by atoms with van der Waals surface area (Å²) in [5.41, 5.74) is 6.93. The van der Waals surface area contributed by atoms with Crippen molar-refractivity contribution in [3.8, 4) is 33.5 Å². The maximum absolute atomic E-state index is 15.8. The summed E-state index contributed by atoms with van der Waals surface area (Å²) in [6, 6.07) is 60.0. The van der Waals surface area contributed by atoms with E-state index in [1.54, 1.807) is 6.20 Å². The number of nitrogens with zero attached hydrogens (tertiary/aromatic N) is 2.